The van der Waals surface area contributed by atoms with E-state index in [4.69, 9.17) is 11.6 Å². The van der Waals surface area contributed by atoms with Crippen LogP contribution < -0.4 is 0 Å². The first-order valence-corrected chi connectivity index (χ1v) is 8.30. The molecular weight excluding hydrogens is 256 g/mol. The van der Waals surface area contributed by atoms with Crippen molar-refractivity contribution in [3.63, 3.8) is 0 Å². The van der Waals surface area contributed by atoms with Gasteiger partial charge in [0.15, 0.2) is 0 Å². The van der Waals surface area contributed by atoms with E-state index in [1.54, 1.807) is 0 Å². The fourth-order valence-electron chi connectivity index (χ4n) is 1.83. The maximum atomic E-state index is 11.3. The Morgan fingerprint density at radius 3 is 2.35 bits per heavy atom. The molecule has 1 atom stereocenters. The van der Waals surface area contributed by atoms with Gasteiger partial charge >= 0.3 is 0 Å². The number of benzene rings is 1. The van der Waals surface area contributed by atoms with Crippen LogP contribution in [0.15, 0.2) is 18.2 Å². The van der Waals surface area contributed by atoms with E-state index in [1.165, 1.54) is 11.8 Å². The summed E-state index contributed by atoms with van der Waals surface area (Å²) in [4.78, 5) is 0. The van der Waals surface area contributed by atoms with Gasteiger partial charge in [0.25, 0.3) is 0 Å². The van der Waals surface area contributed by atoms with Crippen LogP contribution in [-0.2, 0) is 22.7 Å². The molecule has 0 aromatic heterocycles. The Hall–Kier alpha value is -0.540. The summed E-state index contributed by atoms with van der Waals surface area (Å²) in [6.45, 7) is 4.12. The van der Waals surface area contributed by atoms with Crippen LogP contribution in [0, 0.1) is 0 Å². The van der Waals surface area contributed by atoms with Crippen LogP contribution in [0.1, 0.15) is 35.9 Å². The number of hydrogen-bond donors (Lipinski definition) is 0. The Balaban J connectivity index is 3.09. The molecule has 17 heavy (non-hydrogen) atoms. The lowest BCUT2D eigenvalue weighted by atomic mass is 9.99. The third-order valence-electron chi connectivity index (χ3n) is 2.79. The zero-order valence-electron chi connectivity index (χ0n) is 10.5. The molecule has 0 aliphatic carbocycles. The van der Waals surface area contributed by atoms with E-state index in [0.29, 0.717) is 0 Å². The van der Waals surface area contributed by atoms with Crippen LogP contribution in [0.2, 0.25) is 0 Å². The standard InChI is InChI=1S/C13H19ClO2S/c1-4-10-6-7-11(5-2)12(8-10)13(14)9-17(3,15)16/h6-8,13H,4-5,9H2,1-3H3. The summed E-state index contributed by atoms with van der Waals surface area (Å²) in [5.74, 6) is -0.00523. The van der Waals surface area contributed by atoms with E-state index in [2.05, 4.69) is 19.9 Å². The largest absolute Gasteiger partial charge is 0.229 e. The van der Waals surface area contributed by atoms with Gasteiger partial charge in [-0.2, -0.15) is 0 Å². The lowest BCUT2D eigenvalue weighted by Gasteiger charge is -2.14. The maximum Gasteiger partial charge on any atom is 0.149 e. The van der Waals surface area contributed by atoms with Crippen molar-refractivity contribution in [2.45, 2.75) is 32.1 Å². The number of aryl methyl sites for hydroxylation is 2. The predicted molar refractivity (Wildman–Crippen MR) is 73.5 cm³/mol. The molecule has 0 fully saturated rings. The Kier molecular flexibility index (Phi) is 5.02. The molecule has 4 heteroatoms. The molecule has 0 N–H and O–H groups in total. The quantitative estimate of drug-likeness (QED) is 0.773. The summed E-state index contributed by atoms with van der Waals surface area (Å²) in [5.41, 5.74) is 3.28. The van der Waals surface area contributed by atoms with Gasteiger partial charge in [-0.05, 0) is 29.5 Å². The Labute approximate surface area is 109 Å². The van der Waals surface area contributed by atoms with Gasteiger partial charge in [-0.1, -0.05) is 32.0 Å². The predicted octanol–water partition coefficient (Wildman–Crippen LogP) is 3.14. The van der Waals surface area contributed by atoms with Crippen molar-refractivity contribution in [3.8, 4) is 0 Å². The second kappa shape index (κ2) is 5.87. The number of hydrogen-bond acceptors (Lipinski definition) is 2. The van der Waals surface area contributed by atoms with Crippen LogP contribution >= 0.6 is 11.6 Å². The zero-order valence-corrected chi connectivity index (χ0v) is 12.1. The second-order valence-corrected chi connectivity index (χ2v) is 7.01. The van der Waals surface area contributed by atoms with Gasteiger partial charge in [-0.15, -0.1) is 11.6 Å². The molecule has 0 saturated carbocycles. The molecule has 0 aliphatic heterocycles. The SMILES string of the molecule is CCc1ccc(CC)c(C(Cl)CS(C)(=O)=O)c1. The highest BCUT2D eigenvalue weighted by Crippen LogP contribution is 2.27. The number of halogens is 1. The third kappa shape index (κ3) is 4.32. The van der Waals surface area contributed by atoms with E-state index in [-0.39, 0.29) is 5.75 Å². The molecule has 0 saturated heterocycles. The fraction of sp³-hybridized carbons (Fsp3) is 0.538. The van der Waals surface area contributed by atoms with E-state index < -0.39 is 15.2 Å². The van der Waals surface area contributed by atoms with Crippen molar-refractivity contribution in [2.24, 2.45) is 0 Å². The molecule has 0 heterocycles. The van der Waals surface area contributed by atoms with Crippen LogP contribution in [-0.4, -0.2) is 20.4 Å². The van der Waals surface area contributed by atoms with Crippen molar-refractivity contribution in [1.29, 1.82) is 0 Å². The Morgan fingerprint density at radius 2 is 1.88 bits per heavy atom. The van der Waals surface area contributed by atoms with Gasteiger partial charge in [0, 0.05) is 6.26 Å². The Bertz CT molecular complexity index is 480. The van der Waals surface area contributed by atoms with Gasteiger partial charge < -0.3 is 0 Å². The van der Waals surface area contributed by atoms with E-state index in [1.807, 2.05) is 12.1 Å². The molecule has 2 nitrogen and oxygen atoms in total. The summed E-state index contributed by atoms with van der Waals surface area (Å²) in [5, 5.41) is -0.452. The van der Waals surface area contributed by atoms with Crippen molar-refractivity contribution in [1.82, 2.24) is 0 Å². The molecule has 0 amide bonds. The van der Waals surface area contributed by atoms with Crippen molar-refractivity contribution >= 4 is 21.4 Å². The molecule has 1 rings (SSSR count). The first-order chi connectivity index (χ1) is 7.87. The molecule has 1 aromatic carbocycles. The van der Waals surface area contributed by atoms with Crippen molar-refractivity contribution < 1.29 is 8.42 Å². The topological polar surface area (TPSA) is 34.1 Å². The minimum absolute atomic E-state index is 0.00523. The summed E-state index contributed by atoms with van der Waals surface area (Å²) < 4.78 is 22.6. The molecule has 96 valence electrons. The average Bonchev–Trinajstić information content (AvgIpc) is 2.25. The molecule has 1 unspecified atom stereocenters. The summed E-state index contributed by atoms with van der Waals surface area (Å²) in [6, 6.07) is 6.15. The lowest BCUT2D eigenvalue weighted by Crippen LogP contribution is -2.10. The minimum Gasteiger partial charge on any atom is -0.229 e. The van der Waals surface area contributed by atoms with Crippen molar-refractivity contribution in [2.75, 3.05) is 12.0 Å². The second-order valence-electron chi connectivity index (χ2n) is 4.30. The number of alkyl halides is 1. The molecule has 1 aromatic rings. The third-order valence-corrected chi connectivity index (χ3v) is 4.30. The van der Waals surface area contributed by atoms with Crippen LogP contribution in [0.3, 0.4) is 0 Å². The molecule has 0 bridgehead atoms. The normalized spacial score (nSPS) is 13.6. The lowest BCUT2D eigenvalue weighted by molar-refractivity contribution is 0.600. The molecule has 0 radical (unpaired) electrons. The van der Waals surface area contributed by atoms with Gasteiger partial charge in [0.1, 0.15) is 9.84 Å². The Morgan fingerprint density at radius 1 is 1.24 bits per heavy atom. The molecule has 0 spiro atoms. The summed E-state index contributed by atoms with van der Waals surface area (Å²) in [6.07, 6.45) is 3.02. The van der Waals surface area contributed by atoms with Crippen molar-refractivity contribution in [3.05, 3.63) is 34.9 Å². The average molecular weight is 275 g/mol. The monoisotopic (exact) mass is 274 g/mol. The van der Waals surface area contributed by atoms with Gasteiger partial charge in [0.05, 0.1) is 11.1 Å². The van der Waals surface area contributed by atoms with E-state index in [9.17, 15) is 8.42 Å². The fourth-order valence-corrected chi connectivity index (χ4v) is 3.43. The minimum atomic E-state index is -3.05. The highest BCUT2D eigenvalue weighted by Gasteiger charge is 2.17. The van der Waals surface area contributed by atoms with Crippen LogP contribution in [0.5, 0.6) is 0 Å². The molecular formula is C13H19ClO2S. The smallest absolute Gasteiger partial charge is 0.149 e. The molecule has 0 aliphatic rings. The summed E-state index contributed by atoms with van der Waals surface area (Å²) >= 11 is 6.22. The highest BCUT2D eigenvalue weighted by atomic mass is 35.5. The summed E-state index contributed by atoms with van der Waals surface area (Å²) in [7, 11) is -3.05. The highest BCUT2D eigenvalue weighted by molar-refractivity contribution is 7.90. The van der Waals surface area contributed by atoms with Gasteiger partial charge in [-0.3, -0.25) is 0 Å². The first kappa shape index (κ1) is 14.5. The first-order valence-electron chi connectivity index (χ1n) is 5.80. The van der Waals surface area contributed by atoms with Crippen LogP contribution in [0.4, 0.5) is 0 Å². The van der Waals surface area contributed by atoms with E-state index in [0.717, 1.165) is 24.0 Å². The van der Waals surface area contributed by atoms with E-state index >= 15 is 0 Å². The zero-order chi connectivity index (χ0) is 13.1. The van der Waals surface area contributed by atoms with Gasteiger partial charge in [-0.25, -0.2) is 8.42 Å². The number of rotatable bonds is 5. The van der Waals surface area contributed by atoms with Gasteiger partial charge in [0.2, 0.25) is 0 Å². The van der Waals surface area contributed by atoms with Crippen LogP contribution in [0.25, 0.3) is 0 Å². The maximum absolute atomic E-state index is 11.3. The number of sulfone groups is 1.